The second kappa shape index (κ2) is 12.9. The van der Waals surface area contributed by atoms with Crippen LogP contribution in [0.2, 0.25) is 0 Å². The number of nitrogens with one attached hydrogen (secondary N) is 3. The van der Waals surface area contributed by atoms with Gasteiger partial charge in [0.25, 0.3) is 5.91 Å². The van der Waals surface area contributed by atoms with E-state index in [1.807, 2.05) is 6.92 Å². The van der Waals surface area contributed by atoms with Crippen LogP contribution in [0, 0.1) is 5.92 Å². The molecule has 3 heterocycles. The average Bonchev–Trinajstić information content (AvgIpc) is 3.75. The summed E-state index contributed by atoms with van der Waals surface area (Å²) in [7, 11) is 1.40. The molecular formula is C27H32N8O9. The molecule has 2 aliphatic rings. The molecule has 1 aliphatic heterocycles. The van der Waals surface area contributed by atoms with E-state index in [2.05, 4.69) is 31.0 Å². The van der Waals surface area contributed by atoms with Gasteiger partial charge < -0.3 is 44.8 Å². The first-order valence-corrected chi connectivity index (χ1v) is 13.9. The van der Waals surface area contributed by atoms with Crippen LogP contribution in [0.25, 0.3) is 11.4 Å². The monoisotopic (exact) mass is 612 g/mol. The van der Waals surface area contributed by atoms with Gasteiger partial charge in [0.1, 0.15) is 5.92 Å². The van der Waals surface area contributed by atoms with Crippen LogP contribution >= 0.6 is 0 Å². The van der Waals surface area contributed by atoms with Gasteiger partial charge in [-0.15, -0.1) is 10.2 Å². The number of anilines is 3. The summed E-state index contributed by atoms with van der Waals surface area (Å²) in [5, 5.41) is 46.7. The van der Waals surface area contributed by atoms with E-state index < -0.39 is 23.6 Å². The lowest BCUT2D eigenvalue weighted by atomic mass is 10.0. The number of morpholine rings is 1. The van der Waals surface area contributed by atoms with Crippen molar-refractivity contribution >= 4 is 34.9 Å². The summed E-state index contributed by atoms with van der Waals surface area (Å²) < 4.78 is 16.5. The first kappa shape index (κ1) is 30.7. The predicted molar refractivity (Wildman–Crippen MR) is 150 cm³/mol. The Balaban J connectivity index is 1.45. The smallest absolute Gasteiger partial charge is 0.369 e. The molecule has 0 radical (unpaired) electrons. The van der Waals surface area contributed by atoms with Crippen LogP contribution < -0.4 is 20.7 Å². The van der Waals surface area contributed by atoms with Crippen LogP contribution in [-0.4, -0.2) is 97.8 Å². The Morgan fingerprint density at radius 3 is 2.55 bits per heavy atom. The van der Waals surface area contributed by atoms with Crippen molar-refractivity contribution in [1.29, 1.82) is 0 Å². The Kier molecular flexibility index (Phi) is 9.00. The third-order valence-corrected chi connectivity index (χ3v) is 6.99. The van der Waals surface area contributed by atoms with Crippen molar-refractivity contribution in [2.75, 3.05) is 44.0 Å². The number of methoxy groups -OCH3 is 1. The highest BCUT2D eigenvalue weighted by atomic mass is 16.7. The number of aromatic nitrogens is 4. The van der Waals surface area contributed by atoms with Gasteiger partial charge >= 0.3 is 6.10 Å². The van der Waals surface area contributed by atoms with E-state index in [1.165, 1.54) is 13.2 Å². The summed E-state index contributed by atoms with van der Waals surface area (Å²) in [6.45, 7) is 3.72. The van der Waals surface area contributed by atoms with Crippen LogP contribution in [0.4, 0.5) is 17.2 Å². The zero-order valence-corrected chi connectivity index (χ0v) is 23.9. The molecule has 17 nitrogen and oxygen atoms in total. The summed E-state index contributed by atoms with van der Waals surface area (Å²) in [6.07, 6.45) is -1.59. The second-order valence-corrected chi connectivity index (χ2v) is 10.2. The summed E-state index contributed by atoms with van der Waals surface area (Å²) in [5.41, 5.74) is 0.200. The van der Waals surface area contributed by atoms with E-state index >= 15 is 0 Å². The lowest BCUT2D eigenvalue weighted by Gasteiger charge is -2.29. The maximum Gasteiger partial charge on any atom is 0.369 e. The number of ether oxygens (including phenoxy) is 2. The van der Waals surface area contributed by atoms with Gasteiger partial charge in [0, 0.05) is 25.1 Å². The molecule has 1 saturated heterocycles. The van der Waals surface area contributed by atoms with Crippen LogP contribution in [-0.2, 0) is 14.3 Å². The Morgan fingerprint density at radius 1 is 1.14 bits per heavy atom. The van der Waals surface area contributed by atoms with Gasteiger partial charge in [-0.05, 0) is 31.4 Å². The number of nitrogens with zero attached hydrogens (tertiary/aromatic N) is 5. The number of hydrogen-bond donors (Lipinski definition) is 6. The van der Waals surface area contributed by atoms with Gasteiger partial charge in [0.05, 0.1) is 37.3 Å². The van der Waals surface area contributed by atoms with Crippen LogP contribution in [0.15, 0.2) is 28.8 Å². The number of para-hydroxylation sites is 1. The molecule has 1 saturated carbocycles. The molecule has 1 aromatic carbocycles. The number of carbonyl (C=O) groups is 3. The lowest BCUT2D eigenvalue weighted by Crippen LogP contribution is -2.48. The Morgan fingerprint density at radius 2 is 1.89 bits per heavy atom. The van der Waals surface area contributed by atoms with Crippen LogP contribution in [0.1, 0.15) is 48.5 Å². The standard InChI is InChI=1S/C27H32N8O9/c1-3-15(26(38)35-9-11-43-12-10-35)25-30-22(34-44-25)16-5-4-6-17(21(16)42-2)28-18-13-19(29-23(36)14-7-8-14)32-33-20(18)24(37)31-27(39,40)41/h4-6,13-15,39-41H,3,7-12H2,1-2H3,(H,31,37)(H2,28,29,32,36). The maximum absolute atomic E-state index is 13.2. The van der Waals surface area contributed by atoms with Crippen molar-refractivity contribution in [1.82, 2.24) is 30.6 Å². The van der Waals surface area contributed by atoms with Gasteiger partial charge in [-0.2, -0.15) is 4.98 Å². The van der Waals surface area contributed by atoms with E-state index in [-0.39, 0.29) is 52.4 Å². The Bertz CT molecular complexity index is 1530. The van der Waals surface area contributed by atoms with E-state index in [9.17, 15) is 29.7 Å². The molecule has 1 unspecified atom stereocenters. The highest BCUT2D eigenvalue weighted by Gasteiger charge is 2.32. The molecule has 6 N–H and O–H groups in total. The van der Waals surface area contributed by atoms with Crippen molar-refractivity contribution in [3.8, 4) is 17.1 Å². The van der Waals surface area contributed by atoms with Gasteiger partial charge in [-0.3, -0.25) is 19.7 Å². The van der Waals surface area contributed by atoms with Crippen molar-refractivity contribution in [3.63, 3.8) is 0 Å². The lowest BCUT2D eigenvalue weighted by molar-refractivity contribution is -0.323. The molecule has 17 heteroatoms. The molecule has 1 aliphatic carbocycles. The quantitative estimate of drug-likeness (QED) is 0.160. The highest BCUT2D eigenvalue weighted by molar-refractivity contribution is 6.00. The van der Waals surface area contributed by atoms with Gasteiger partial charge in [0.2, 0.25) is 23.5 Å². The number of amides is 3. The molecule has 1 atom stereocenters. The fraction of sp³-hybridized carbons (Fsp3) is 0.444. The molecule has 5 rings (SSSR count). The summed E-state index contributed by atoms with van der Waals surface area (Å²) in [5.74, 6) is -1.83. The molecule has 0 spiro atoms. The maximum atomic E-state index is 13.2. The molecule has 3 aromatic rings. The molecule has 2 aromatic heterocycles. The second-order valence-electron chi connectivity index (χ2n) is 10.2. The summed E-state index contributed by atoms with van der Waals surface area (Å²) in [6, 6.07) is 6.24. The minimum absolute atomic E-state index is 0.0256. The van der Waals surface area contributed by atoms with E-state index in [4.69, 9.17) is 14.0 Å². The normalized spacial score (nSPS) is 15.8. The first-order chi connectivity index (χ1) is 21.1. The van der Waals surface area contributed by atoms with Crippen molar-refractivity contribution < 1.29 is 43.7 Å². The van der Waals surface area contributed by atoms with Gasteiger partial charge in [-0.25, -0.2) is 0 Å². The highest BCUT2D eigenvalue weighted by Crippen LogP contribution is 2.38. The first-order valence-electron chi connectivity index (χ1n) is 13.9. The van der Waals surface area contributed by atoms with E-state index in [0.717, 1.165) is 12.8 Å². The van der Waals surface area contributed by atoms with Crippen LogP contribution in [0.3, 0.4) is 0 Å². The Hall–Kier alpha value is -4.71. The van der Waals surface area contributed by atoms with Crippen molar-refractivity contribution in [2.45, 2.75) is 38.2 Å². The molecule has 2 fully saturated rings. The fourth-order valence-electron chi connectivity index (χ4n) is 4.62. The minimum Gasteiger partial charge on any atom is -0.494 e. The topological polar surface area (TPSA) is 234 Å². The Labute approximate surface area is 250 Å². The van der Waals surface area contributed by atoms with Crippen LogP contribution in [0.5, 0.6) is 5.75 Å². The summed E-state index contributed by atoms with van der Waals surface area (Å²) >= 11 is 0. The van der Waals surface area contributed by atoms with E-state index in [1.54, 1.807) is 28.4 Å². The molecular weight excluding hydrogens is 580 g/mol. The van der Waals surface area contributed by atoms with E-state index in [0.29, 0.717) is 38.3 Å². The fourth-order valence-corrected chi connectivity index (χ4v) is 4.62. The number of rotatable bonds is 11. The number of hydrogen-bond acceptors (Lipinski definition) is 14. The number of aliphatic hydroxyl groups is 3. The molecule has 44 heavy (non-hydrogen) atoms. The van der Waals surface area contributed by atoms with Crippen molar-refractivity contribution in [3.05, 3.63) is 35.9 Å². The largest absolute Gasteiger partial charge is 0.494 e. The molecule has 234 valence electrons. The minimum atomic E-state index is -3.53. The predicted octanol–water partition coefficient (Wildman–Crippen LogP) is 0.298. The SMILES string of the molecule is CCC(C(=O)N1CCOCC1)c1nc(-c2cccc(Nc3cc(NC(=O)C4CC4)nnc3C(=O)NC(O)(O)O)c2OC)no1. The van der Waals surface area contributed by atoms with Gasteiger partial charge in [-0.1, -0.05) is 18.1 Å². The number of benzene rings is 1. The van der Waals surface area contributed by atoms with Crippen molar-refractivity contribution in [2.24, 2.45) is 5.92 Å². The zero-order valence-electron chi connectivity index (χ0n) is 23.9. The third kappa shape index (κ3) is 7.08. The van der Waals surface area contributed by atoms with Gasteiger partial charge in [0.15, 0.2) is 17.3 Å². The third-order valence-electron chi connectivity index (χ3n) is 6.99. The molecule has 0 bridgehead atoms. The zero-order chi connectivity index (χ0) is 31.4. The molecule has 3 amide bonds. The average molecular weight is 613 g/mol. The number of carbonyl (C=O) groups excluding carboxylic acids is 3. The summed E-state index contributed by atoms with van der Waals surface area (Å²) in [4.78, 5) is 44.4.